The maximum absolute atomic E-state index is 10.8. The monoisotopic (exact) mass is 400 g/mol. The lowest BCUT2D eigenvalue weighted by atomic mass is 9.93. The van der Waals surface area contributed by atoms with E-state index in [2.05, 4.69) is 9.88 Å². The SMILES string of the molecule is CCc1nc(C)c(CN2CCC(O)(c3ccccc3)C2)o1.O=C(O)C(F)(F)F. The number of hydrogen-bond acceptors (Lipinski definition) is 5. The van der Waals surface area contributed by atoms with Gasteiger partial charge in [-0.15, -0.1) is 0 Å². The molecule has 1 aromatic heterocycles. The van der Waals surface area contributed by atoms with Gasteiger partial charge in [0.2, 0.25) is 0 Å². The number of aliphatic carboxylic acids is 1. The Bertz CT molecular complexity index is 792. The quantitative estimate of drug-likeness (QED) is 0.819. The summed E-state index contributed by atoms with van der Waals surface area (Å²) in [5, 5.41) is 18.0. The maximum Gasteiger partial charge on any atom is 0.490 e. The van der Waals surface area contributed by atoms with Gasteiger partial charge >= 0.3 is 12.1 Å². The van der Waals surface area contributed by atoms with Crippen molar-refractivity contribution in [3.63, 3.8) is 0 Å². The van der Waals surface area contributed by atoms with E-state index in [1.54, 1.807) is 0 Å². The third-order valence-corrected chi connectivity index (χ3v) is 4.49. The van der Waals surface area contributed by atoms with Crippen LogP contribution in [0.5, 0.6) is 0 Å². The van der Waals surface area contributed by atoms with E-state index in [1.807, 2.05) is 44.2 Å². The first-order valence-corrected chi connectivity index (χ1v) is 8.80. The van der Waals surface area contributed by atoms with Gasteiger partial charge in [0.05, 0.1) is 12.2 Å². The van der Waals surface area contributed by atoms with Crippen LogP contribution in [0.4, 0.5) is 13.2 Å². The van der Waals surface area contributed by atoms with E-state index in [-0.39, 0.29) is 0 Å². The Balaban J connectivity index is 0.000000345. The van der Waals surface area contributed by atoms with Gasteiger partial charge < -0.3 is 14.6 Å². The number of carboxylic acids is 1. The van der Waals surface area contributed by atoms with Crippen LogP contribution in [0.2, 0.25) is 0 Å². The van der Waals surface area contributed by atoms with Gasteiger partial charge in [-0.05, 0) is 18.9 Å². The Labute approximate surface area is 160 Å². The molecule has 1 aliphatic heterocycles. The van der Waals surface area contributed by atoms with Crippen molar-refractivity contribution in [2.75, 3.05) is 13.1 Å². The molecule has 1 aliphatic rings. The number of likely N-dealkylation sites (tertiary alicyclic amines) is 1. The predicted molar refractivity (Wildman–Crippen MR) is 94.5 cm³/mol. The average molecular weight is 400 g/mol. The van der Waals surface area contributed by atoms with Crippen molar-refractivity contribution in [1.82, 2.24) is 9.88 Å². The van der Waals surface area contributed by atoms with E-state index in [0.29, 0.717) is 13.1 Å². The van der Waals surface area contributed by atoms with E-state index in [9.17, 15) is 18.3 Å². The van der Waals surface area contributed by atoms with Crippen LogP contribution in [0.25, 0.3) is 0 Å². The first-order valence-electron chi connectivity index (χ1n) is 8.80. The number of alkyl halides is 3. The van der Waals surface area contributed by atoms with E-state index in [1.165, 1.54) is 0 Å². The van der Waals surface area contributed by atoms with E-state index in [4.69, 9.17) is 14.3 Å². The van der Waals surface area contributed by atoms with Crippen molar-refractivity contribution in [2.45, 2.75) is 45.0 Å². The lowest BCUT2D eigenvalue weighted by molar-refractivity contribution is -0.192. The van der Waals surface area contributed by atoms with Crippen LogP contribution < -0.4 is 0 Å². The van der Waals surface area contributed by atoms with Gasteiger partial charge in [0, 0.05) is 19.5 Å². The summed E-state index contributed by atoms with van der Waals surface area (Å²) in [5.41, 5.74) is 1.21. The number of nitrogens with zero attached hydrogens (tertiary/aromatic N) is 2. The Morgan fingerprint density at radius 3 is 2.43 bits per heavy atom. The number of rotatable bonds is 4. The van der Waals surface area contributed by atoms with Crippen molar-refractivity contribution < 1.29 is 32.6 Å². The second kappa shape index (κ2) is 8.74. The zero-order chi connectivity index (χ0) is 20.9. The third kappa shape index (κ3) is 5.56. The molecule has 1 unspecified atom stereocenters. The van der Waals surface area contributed by atoms with Gasteiger partial charge in [-0.3, -0.25) is 4.90 Å². The first-order chi connectivity index (χ1) is 13.0. The van der Waals surface area contributed by atoms with Crippen LogP contribution in [0, 0.1) is 6.92 Å². The number of carboxylic acid groups (broad SMARTS) is 1. The fourth-order valence-corrected chi connectivity index (χ4v) is 2.98. The van der Waals surface area contributed by atoms with Crippen LogP contribution in [-0.2, 0) is 23.4 Å². The van der Waals surface area contributed by atoms with E-state index < -0.39 is 17.7 Å². The molecule has 6 nitrogen and oxygen atoms in total. The van der Waals surface area contributed by atoms with E-state index >= 15 is 0 Å². The highest BCUT2D eigenvalue weighted by atomic mass is 19.4. The third-order valence-electron chi connectivity index (χ3n) is 4.49. The fourth-order valence-electron chi connectivity index (χ4n) is 2.98. The number of benzene rings is 1. The highest BCUT2D eigenvalue weighted by molar-refractivity contribution is 5.73. The molecule has 0 aliphatic carbocycles. The minimum atomic E-state index is -5.08. The summed E-state index contributed by atoms with van der Waals surface area (Å²) in [7, 11) is 0. The Morgan fingerprint density at radius 1 is 1.32 bits per heavy atom. The fraction of sp³-hybridized carbons (Fsp3) is 0.474. The molecule has 1 saturated heterocycles. The molecule has 28 heavy (non-hydrogen) atoms. The molecule has 2 aromatic rings. The second-order valence-electron chi connectivity index (χ2n) is 6.63. The average Bonchev–Trinajstić information content (AvgIpc) is 3.19. The number of oxazole rings is 1. The Morgan fingerprint density at radius 2 is 1.93 bits per heavy atom. The molecule has 2 heterocycles. The zero-order valence-corrected chi connectivity index (χ0v) is 15.7. The van der Waals surface area contributed by atoms with Crippen LogP contribution in [0.15, 0.2) is 34.7 Å². The molecule has 1 aromatic carbocycles. The molecule has 2 N–H and O–H groups in total. The van der Waals surface area contributed by atoms with Gasteiger partial charge in [0.15, 0.2) is 5.89 Å². The van der Waals surface area contributed by atoms with Crippen molar-refractivity contribution in [2.24, 2.45) is 0 Å². The largest absolute Gasteiger partial charge is 0.490 e. The zero-order valence-electron chi connectivity index (χ0n) is 15.7. The second-order valence-corrected chi connectivity index (χ2v) is 6.63. The van der Waals surface area contributed by atoms with Crippen molar-refractivity contribution >= 4 is 5.97 Å². The molecule has 0 radical (unpaired) electrons. The summed E-state index contributed by atoms with van der Waals surface area (Å²) in [5.74, 6) is -1.04. The van der Waals surface area contributed by atoms with Crippen molar-refractivity contribution in [1.29, 1.82) is 0 Å². The highest BCUT2D eigenvalue weighted by Crippen LogP contribution is 2.32. The summed E-state index contributed by atoms with van der Waals surface area (Å²) in [6, 6.07) is 9.93. The van der Waals surface area contributed by atoms with Gasteiger partial charge in [-0.25, -0.2) is 9.78 Å². The summed E-state index contributed by atoms with van der Waals surface area (Å²) in [6.45, 7) is 6.25. The normalized spacial score (nSPS) is 19.9. The van der Waals surface area contributed by atoms with Gasteiger partial charge in [0.1, 0.15) is 11.4 Å². The molecular formula is C19H23F3N2O4. The van der Waals surface area contributed by atoms with Crippen molar-refractivity contribution in [3.8, 4) is 0 Å². The topological polar surface area (TPSA) is 86.8 Å². The molecule has 1 fully saturated rings. The standard InChI is InChI=1S/C17H22N2O2.C2HF3O2/c1-3-16-18-13(2)15(21-16)11-19-10-9-17(20,12-19)14-7-5-4-6-8-14;3-2(4,5)1(6)7/h4-8,20H,3,9-12H2,1-2H3;(H,6,7). The first kappa shape index (κ1) is 21.9. The number of hydrogen-bond donors (Lipinski definition) is 2. The summed E-state index contributed by atoms with van der Waals surface area (Å²) < 4.78 is 37.5. The number of aryl methyl sites for hydroxylation is 2. The molecule has 9 heteroatoms. The molecule has 0 bridgehead atoms. The predicted octanol–water partition coefficient (Wildman–Crippen LogP) is 3.27. The molecule has 154 valence electrons. The van der Waals surface area contributed by atoms with Crippen LogP contribution >= 0.6 is 0 Å². The maximum atomic E-state index is 10.8. The number of aliphatic hydroxyl groups is 1. The minimum Gasteiger partial charge on any atom is -0.475 e. The highest BCUT2D eigenvalue weighted by Gasteiger charge is 2.38. The molecule has 3 rings (SSSR count). The molecule has 0 saturated carbocycles. The number of carbonyl (C=O) groups is 1. The number of β-amino-alcohol motifs (C(OH)–C–C–N with tert-alkyl or cyclic N) is 1. The van der Waals surface area contributed by atoms with Gasteiger partial charge in [0.25, 0.3) is 0 Å². The molecule has 0 spiro atoms. The summed E-state index contributed by atoms with van der Waals surface area (Å²) in [6.07, 6.45) is -3.51. The van der Waals surface area contributed by atoms with Crippen molar-refractivity contribution in [3.05, 3.63) is 53.2 Å². The molecule has 0 amide bonds. The number of halogens is 3. The van der Waals surface area contributed by atoms with Gasteiger partial charge in [-0.2, -0.15) is 13.2 Å². The summed E-state index contributed by atoms with van der Waals surface area (Å²) in [4.78, 5) is 15.5. The lowest BCUT2D eigenvalue weighted by Gasteiger charge is -2.23. The molecule has 1 atom stereocenters. The Kier molecular flexibility index (Phi) is 6.84. The number of aromatic nitrogens is 1. The minimum absolute atomic E-state index is 0.638. The van der Waals surface area contributed by atoms with Crippen LogP contribution in [0.3, 0.4) is 0 Å². The summed E-state index contributed by atoms with van der Waals surface area (Å²) >= 11 is 0. The molecular weight excluding hydrogens is 377 g/mol. The van der Waals surface area contributed by atoms with Gasteiger partial charge in [-0.1, -0.05) is 37.3 Å². The lowest BCUT2D eigenvalue weighted by Crippen LogP contribution is -2.30. The van der Waals surface area contributed by atoms with Crippen LogP contribution in [0.1, 0.15) is 36.3 Å². The van der Waals surface area contributed by atoms with E-state index in [0.717, 1.165) is 42.3 Å². The smallest absolute Gasteiger partial charge is 0.475 e. The Hall–Kier alpha value is -2.39. The van der Waals surface area contributed by atoms with Crippen LogP contribution in [-0.4, -0.2) is 45.3 Å².